The van der Waals surface area contributed by atoms with Gasteiger partial charge in [0.15, 0.2) is 0 Å². The zero-order valence-corrected chi connectivity index (χ0v) is 11.8. The molecule has 0 radical (unpaired) electrons. The van der Waals surface area contributed by atoms with E-state index in [0.717, 1.165) is 63.5 Å². The van der Waals surface area contributed by atoms with Crippen LogP contribution in [0.15, 0.2) is 12.4 Å². The quantitative estimate of drug-likeness (QED) is 0.857. The summed E-state index contributed by atoms with van der Waals surface area (Å²) >= 11 is 0. The van der Waals surface area contributed by atoms with Crippen LogP contribution in [0.25, 0.3) is 0 Å². The molecular weight excluding hydrogens is 240 g/mol. The van der Waals surface area contributed by atoms with Crippen molar-refractivity contribution in [3.63, 3.8) is 0 Å². The predicted molar refractivity (Wildman–Crippen MR) is 76.4 cm³/mol. The monoisotopic (exact) mass is 264 g/mol. The standard InChI is InChI=1S/C14H24N4O/c1-2-4-13-11-14(16-12-15-13)18-6-3-5-17(7-8-18)9-10-19/h11-12,19H,2-10H2,1H3. The molecule has 1 aromatic heterocycles. The van der Waals surface area contributed by atoms with Gasteiger partial charge in [0.25, 0.3) is 0 Å². The van der Waals surface area contributed by atoms with Crippen molar-refractivity contribution in [1.29, 1.82) is 0 Å². The Balaban J connectivity index is 1.99. The van der Waals surface area contributed by atoms with Crippen LogP contribution in [-0.2, 0) is 6.42 Å². The Morgan fingerprint density at radius 2 is 2.11 bits per heavy atom. The van der Waals surface area contributed by atoms with Gasteiger partial charge in [-0.05, 0) is 19.4 Å². The largest absolute Gasteiger partial charge is 0.395 e. The second-order valence-electron chi connectivity index (χ2n) is 5.02. The van der Waals surface area contributed by atoms with Crippen LogP contribution in [-0.4, -0.2) is 59.3 Å². The van der Waals surface area contributed by atoms with E-state index in [1.807, 2.05) is 0 Å². The van der Waals surface area contributed by atoms with Crippen LogP contribution < -0.4 is 4.90 Å². The van der Waals surface area contributed by atoms with Gasteiger partial charge < -0.3 is 10.0 Å². The highest BCUT2D eigenvalue weighted by molar-refractivity contribution is 5.39. The molecule has 0 atom stereocenters. The van der Waals surface area contributed by atoms with Crippen molar-refractivity contribution in [1.82, 2.24) is 14.9 Å². The lowest BCUT2D eigenvalue weighted by Crippen LogP contribution is -2.32. The summed E-state index contributed by atoms with van der Waals surface area (Å²) in [7, 11) is 0. The number of aryl methyl sites for hydroxylation is 1. The first-order valence-corrected chi connectivity index (χ1v) is 7.22. The number of aliphatic hydroxyl groups is 1. The molecule has 5 nitrogen and oxygen atoms in total. The fourth-order valence-electron chi connectivity index (χ4n) is 2.52. The lowest BCUT2D eigenvalue weighted by atomic mass is 10.2. The van der Waals surface area contributed by atoms with Crippen LogP contribution in [0.3, 0.4) is 0 Å². The fraction of sp³-hybridized carbons (Fsp3) is 0.714. The molecule has 5 heteroatoms. The minimum Gasteiger partial charge on any atom is -0.395 e. The third-order valence-corrected chi connectivity index (χ3v) is 3.54. The number of hydrogen-bond acceptors (Lipinski definition) is 5. The van der Waals surface area contributed by atoms with E-state index >= 15 is 0 Å². The summed E-state index contributed by atoms with van der Waals surface area (Å²) < 4.78 is 0. The Kier molecular flexibility index (Phi) is 5.54. The van der Waals surface area contributed by atoms with E-state index in [1.54, 1.807) is 6.33 Å². The van der Waals surface area contributed by atoms with Crippen molar-refractivity contribution in [2.24, 2.45) is 0 Å². The summed E-state index contributed by atoms with van der Waals surface area (Å²) in [4.78, 5) is 13.4. The van der Waals surface area contributed by atoms with E-state index in [2.05, 4.69) is 32.8 Å². The van der Waals surface area contributed by atoms with Gasteiger partial charge in [-0.3, -0.25) is 4.90 Å². The molecule has 0 aliphatic carbocycles. The minimum atomic E-state index is 0.244. The average Bonchev–Trinajstić information content (AvgIpc) is 2.66. The van der Waals surface area contributed by atoms with Gasteiger partial charge in [-0.25, -0.2) is 9.97 Å². The maximum absolute atomic E-state index is 9.01. The van der Waals surface area contributed by atoms with Crippen LogP contribution in [0.2, 0.25) is 0 Å². The highest BCUT2D eigenvalue weighted by Gasteiger charge is 2.15. The molecule has 2 rings (SSSR count). The molecule has 1 fully saturated rings. The molecule has 0 spiro atoms. The van der Waals surface area contributed by atoms with Gasteiger partial charge in [-0.2, -0.15) is 0 Å². The Morgan fingerprint density at radius 3 is 2.89 bits per heavy atom. The zero-order valence-electron chi connectivity index (χ0n) is 11.8. The van der Waals surface area contributed by atoms with Crippen LogP contribution in [0.5, 0.6) is 0 Å². The molecule has 1 aromatic rings. The number of nitrogens with zero attached hydrogens (tertiary/aromatic N) is 4. The van der Waals surface area contributed by atoms with E-state index in [1.165, 1.54) is 0 Å². The second kappa shape index (κ2) is 7.40. The van der Waals surface area contributed by atoms with E-state index in [9.17, 15) is 0 Å². The molecule has 0 aromatic carbocycles. The van der Waals surface area contributed by atoms with Crippen molar-refractivity contribution in [3.8, 4) is 0 Å². The Labute approximate surface area is 115 Å². The first-order valence-electron chi connectivity index (χ1n) is 7.22. The first-order chi connectivity index (χ1) is 9.33. The molecule has 0 bridgehead atoms. The highest BCUT2D eigenvalue weighted by atomic mass is 16.3. The lowest BCUT2D eigenvalue weighted by Gasteiger charge is -2.22. The summed E-state index contributed by atoms with van der Waals surface area (Å²) in [6.45, 7) is 7.25. The molecular formula is C14H24N4O. The second-order valence-corrected chi connectivity index (χ2v) is 5.02. The summed E-state index contributed by atoms with van der Waals surface area (Å²) in [5.74, 6) is 1.05. The van der Waals surface area contributed by atoms with Gasteiger partial charge in [0.2, 0.25) is 0 Å². The third kappa shape index (κ3) is 4.14. The Hall–Kier alpha value is -1.20. The highest BCUT2D eigenvalue weighted by Crippen LogP contribution is 2.14. The van der Waals surface area contributed by atoms with Crippen molar-refractivity contribution in [2.75, 3.05) is 44.2 Å². The summed E-state index contributed by atoms with van der Waals surface area (Å²) in [6, 6.07) is 2.12. The molecule has 1 saturated heterocycles. The third-order valence-electron chi connectivity index (χ3n) is 3.54. The normalized spacial score (nSPS) is 17.5. The number of β-amino-alcohol motifs (C(OH)–C–C–N with tert-alkyl or cyclic N) is 1. The molecule has 1 N–H and O–H groups in total. The number of aromatic nitrogens is 2. The van der Waals surface area contributed by atoms with Crippen LogP contribution >= 0.6 is 0 Å². The fourth-order valence-corrected chi connectivity index (χ4v) is 2.52. The molecule has 1 aliphatic rings. The number of aliphatic hydroxyl groups excluding tert-OH is 1. The summed E-state index contributed by atoms with van der Waals surface area (Å²) in [5.41, 5.74) is 1.13. The van der Waals surface area contributed by atoms with Crippen molar-refractivity contribution >= 4 is 5.82 Å². The minimum absolute atomic E-state index is 0.244. The van der Waals surface area contributed by atoms with Gasteiger partial charge >= 0.3 is 0 Å². The van der Waals surface area contributed by atoms with E-state index in [4.69, 9.17) is 5.11 Å². The maximum atomic E-state index is 9.01. The Bertz CT molecular complexity index is 385. The average molecular weight is 264 g/mol. The molecule has 19 heavy (non-hydrogen) atoms. The van der Waals surface area contributed by atoms with Crippen molar-refractivity contribution in [3.05, 3.63) is 18.1 Å². The van der Waals surface area contributed by atoms with Gasteiger partial charge in [0, 0.05) is 37.9 Å². The number of rotatable bonds is 5. The first kappa shape index (κ1) is 14.2. The zero-order chi connectivity index (χ0) is 13.5. The van der Waals surface area contributed by atoms with Crippen molar-refractivity contribution in [2.45, 2.75) is 26.2 Å². The van der Waals surface area contributed by atoms with Gasteiger partial charge in [0.1, 0.15) is 12.1 Å². The summed E-state index contributed by atoms with van der Waals surface area (Å²) in [5, 5.41) is 9.01. The molecule has 106 valence electrons. The predicted octanol–water partition coefficient (Wildman–Crippen LogP) is 0.933. The number of anilines is 1. The van der Waals surface area contributed by atoms with Gasteiger partial charge in [0.05, 0.1) is 6.61 Å². The molecule has 0 unspecified atom stereocenters. The smallest absolute Gasteiger partial charge is 0.132 e. The molecule has 1 aliphatic heterocycles. The maximum Gasteiger partial charge on any atom is 0.132 e. The molecule has 0 saturated carbocycles. The van der Waals surface area contributed by atoms with Gasteiger partial charge in [-0.15, -0.1) is 0 Å². The van der Waals surface area contributed by atoms with E-state index in [-0.39, 0.29) is 6.61 Å². The van der Waals surface area contributed by atoms with Crippen LogP contribution in [0, 0.1) is 0 Å². The number of hydrogen-bond donors (Lipinski definition) is 1. The molecule has 0 amide bonds. The van der Waals surface area contributed by atoms with E-state index < -0.39 is 0 Å². The topological polar surface area (TPSA) is 52.5 Å². The summed E-state index contributed by atoms with van der Waals surface area (Å²) in [6.07, 6.45) is 4.92. The van der Waals surface area contributed by atoms with E-state index in [0.29, 0.717) is 0 Å². The van der Waals surface area contributed by atoms with Crippen LogP contribution in [0.4, 0.5) is 5.82 Å². The SMILES string of the molecule is CCCc1cc(N2CCCN(CCO)CC2)ncn1. The lowest BCUT2D eigenvalue weighted by molar-refractivity contribution is 0.204. The van der Waals surface area contributed by atoms with Crippen molar-refractivity contribution < 1.29 is 5.11 Å². The Morgan fingerprint density at radius 1 is 1.21 bits per heavy atom. The van der Waals surface area contributed by atoms with Gasteiger partial charge in [-0.1, -0.05) is 13.3 Å². The molecule has 2 heterocycles. The van der Waals surface area contributed by atoms with Crippen LogP contribution in [0.1, 0.15) is 25.5 Å².